The second kappa shape index (κ2) is 5.29. The Labute approximate surface area is 129 Å². The van der Waals surface area contributed by atoms with Crippen LogP contribution in [0.2, 0.25) is 0 Å². The zero-order valence-electron chi connectivity index (χ0n) is 11.5. The predicted molar refractivity (Wildman–Crippen MR) is 83.0 cm³/mol. The van der Waals surface area contributed by atoms with E-state index in [0.717, 1.165) is 16.9 Å². The summed E-state index contributed by atoms with van der Waals surface area (Å²) in [5, 5.41) is 0. The van der Waals surface area contributed by atoms with Gasteiger partial charge in [-0.25, -0.2) is 14.8 Å². The first-order valence-electron chi connectivity index (χ1n) is 6.27. The number of esters is 1. The van der Waals surface area contributed by atoms with Crippen molar-refractivity contribution in [2.75, 3.05) is 7.11 Å². The Morgan fingerprint density at radius 1 is 1.33 bits per heavy atom. The molecule has 0 unspecified atom stereocenters. The molecular weight excluding hydrogens is 334 g/mol. The third kappa shape index (κ3) is 2.31. The number of pyridine rings is 1. The molecule has 21 heavy (non-hydrogen) atoms. The van der Waals surface area contributed by atoms with Crippen molar-refractivity contribution in [3.63, 3.8) is 0 Å². The maximum atomic E-state index is 11.6. The second-order valence-corrected chi connectivity index (χ2v) is 5.38. The normalized spacial score (nSPS) is 10.8. The average molecular weight is 346 g/mol. The molecule has 0 amide bonds. The SMILES string of the molecule is COC(=O)c1ccc(-c2nc3ncccc3n2C)cc1Br. The Morgan fingerprint density at radius 3 is 2.81 bits per heavy atom. The molecule has 106 valence electrons. The highest BCUT2D eigenvalue weighted by Gasteiger charge is 2.14. The van der Waals surface area contributed by atoms with Crippen LogP contribution in [0.1, 0.15) is 10.4 Å². The van der Waals surface area contributed by atoms with Crippen LogP contribution in [0.4, 0.5) is 0 Å². The minimum Gasteiger partial charge on any atom is -0.465 e. The molecule has 5 nitrogen and oxygen atoms in total. The zero-order chi connectivity index (χ0) is 15.0. The number of aryl methyl sites for hydroxylation is 1. The molecule has 0 aliphatic heterocycles. The van der Waals surface area contributed by atoms with Crippen LogP contribution in [0.3, 0.4) is 0 Å². The number of halogens is 1. The first kappa shape index (κ1) is 13.8. The third-order valence-corrected chi connectivity index (χ3v) is 3.95. The molecule has 1 aromatic carbocycles. The molecule has 0 radical (unpaired) electrons. The maximum absolute atomic E-state index is 11.6. The molecule has 3 rings (SSSR count). The average Bonchev–Trinajstić information content (AvgIpc) is 2.84. The van der Waals surface area contributed by atoms with Gasteiger partial charge in [-0.2, -0.15) is 0 Å². The van der Waals surface area contributed by atoms with Crippen LogP contribution in [0, 0.1) is 0 Å². The Hall–Kier alpha value is -2.21. The summed E-state index contributed by atoms with van der Waals surface area (Å²) in [4.78, 5) is 20.4. The van der Waals surface area contributed by atoms with Gasteiger partial charge >= 0.3 is 5.97 Å². The van der Waals surface area contributed by atoms with Crippen LogP contribution in [0.15, 0.2) is 41.0 Å². The van der Waals surface area contributed by atoms with E-state index in [1.807, 2.05) is 35.9 Å². The summed E-state index contributed by atoms with van der Waals surface area (Å²) < 4.78 is 7.38. The highest BCUT2D eigenvalue weighted by molar-refractivity contribution is 9.10. The largest absolute Gasteiger partial charge is 0.465 e. The Bertz CT molecular complexity index is 842. The molecule has 0 atom stereocenters. The van der Waals surface area contributed by atoms with Crippen LogP contribution in [0.25, 0.3) is 22.6 Å². The second-order valence-electron chi connectivity index (χ2n) is 4.53. The molecule has 0 aliphatic rings. The van der Waals surface area contributed by atoms with E-state index in [1.165, 1.54) is 7.11 Å². The van der Waals surface area contributed by atoms with Gasteiger partial charge in [-0.1, -0.05) is 6.07 Å². The molecule has 0 saturated heterocycles. The Kier molecular flexibility index (Phi) is 3.47. The summed E-state index contributed by atoms with van der Waals surface area (Å²) in [6, 6.07) is 9.27. The lowest BCUT2D eigenvalue weighted by Crippen LogP contribution is -2.02. The summed E-state index contributed by atoms with van der Waals surface area (Å²) in [7, 11) is 3.30. The summed E-state index contributed by atoms with van der Waals surface area (Å²) in [5.74, 6) is 0.418. The summed E-state index contributed by atoms with van der Waals surface area (Å²) >= 11 is 3.40. The Balaban J connectivity index is 2.13. The van der Waals surface area contributed by atoms with Crippen molar-refractivity contribution >= 4 is 33.1 Å². The topological polar surface area (TPSA) is 57.0 Å². The molecule has 0 saturated carbocycles. The van der Waals surface area contributed by atoms with Gasteiger partial charge in [0.25, 0.3) is 0 Å². The van der Waals surface area contributed by atoms with Gasteiger partial charge in [0.05, 0.1) is 18.2 Å². The van der Waals surface area contributed by atoms with Crippen molar-refractivity contribution in [2.45, 2.75) is 0 Å². The van der Waals surface area contributed by atoms with Gasteiger partial charge in [0, 0.05) is 23.3 Å². The lowest BCUT2D eigenvalue weighted by atomic mass is 10.1. The van der Waals surface area contributed by atoms with Gasteiger partial charge in [-0.05, 0) is 40.2 Å². The fourth-order valence-corrected chi connectivity index (χ4v) is 2.75. The standard InChI is InChI=1S/C15H12BrN3O2/c1-19-12-4-3-7-17-13(12)18-14(19)9-5-6-10(11(16)8-9)15(20)21-2/h3-8H,1-2H3. The fraction of sp³-hybridized carbons (Fsp3) is 0.133. The van der Waals surface area contributed by atoms with E-state index in [4.69, 9.17) is 4.74 Å². The van der Waals surface area contributed by atoms with E-state index in [2.05, 4.69) is 25.9 Å². The van der Waals surface area contributed by atoms with Gasteiger partial charge in [0.15, 0.2) is 5.65 Å². The number of carbonyl (C=O) groups excluding carboxylic acids is 1. The number of rotatable bonds is 2. The number of benzene rings is 1. The van der Waals surface area contributed by atoms with E-state index < -0.39 is 0 Å². The van der Waals surface area contributed by atoms with Crippen LogP contribution < -0.4 is 0 Å². The van der Waals surface area contributed by atoms with Crippen molar-refractivity contribution in [1.29, 1.82) is 0 Å². The molecule has 2 heterocycles. The van der Waals surface area contributed by atoms with Gasteiger partial charge < -0.3 is 9.30 Å². The minimum absolute atomic E-state index is 0.375. The van der Waals surface area contributed by atoms with Crippen molar-refractivity contribution in [3.05, 3.63) is 46.6 Å². The van der Waals surface area contributed by atoms with Crippen molar-refractivity contribution in [2.24, 2.45) is 7.05 Å². The number of imidazole rings is 1. The number of ether oxygens (including phenoxy) is 1. The van der Waals surface area contributed by atoms with Gasteiger partial charge in [0.1, 0.15) is 5.82 Å². The minimum atomic E-state index is -0.375. The van der Waals surface area contributed by atoms with E-state index in [-0.39, 0.29) is 5.97 Å². The number of nitrogens with zero attached hydrogens (tertiary/aromatic N) is 3. The van der Waals surface area contributed by atoms with Crippen LogP contribution in [-0.2, 0) is 11.8 Å². The summed E-state index contributed by atoms with van der Waals surface area (Å²) in [5.41, 5.74) is 3.04. The highest BCUT2D eigenvalue weighted by Crippen LogP contribution is 2.27. The maximum Gasteiger partial charge on any atom is 0.339 e. The quantitative estimate of drug-likeness (QED) is 0.669. The highest BCUT2D eigenvalue weighted by atomic mass is 79.9. The third-order valence-electron chi connectivity index (χ3n) is 3.29. The van der Waals surface area contributed by atoms with Crippen molar-refractivity contribution in [3.8, 4) is 11.4 Å². The van der Waals surface area contributed by atoms with E-state index in [9.17, 15) is 4.79 Å². The molecule has 0 fully saturated rings. The fourth-order valence-electron chi connectivity index (χ4n) is 2.21. The van der Waals surface area contributed by atoms with E-state index in [0.29, 0.717) is 15.7 Å². The number of aromatic nitrogens is 3. The summed E-state index contributed by atoms with van der Waals surface area (Å²) in [6.45, 7) is 0. The first-order valence-corrected chi connectivity index (χ1v) is 7.07. The molecule has 2 aromatic heterocycles. The number of hydrogen-bond donors (Lipinski definition) is 0. The zero-order valence-corrected chi connectivity index (χ0v) is 13.1. The smallest absolute Gasteiger partial charge is 0.339 e. The number of carbonyl (C=O) groups is 1. The molecule has 6 heteroatoms. The lowest BCUT2D eigenvalue weighted by Gasteiger charge is -2.06. The summed E-state index contributed by atoms with van der Waals surface area (Å²) in [6.07, 6.45) is 1.72. The van der Waals surface area contributed by atoms with Crippen LogP contribution in [-0.4, -0.2) is 27.6 Å². The van der Waals surface area contributed by atoms with E-state index in [1.54, 1.807) is 12.3 Å². The van der Waals surface area contributed by atoms with E-state index >= 15 is 0 Å². The van der Waals surface area contributed by atoms with Gasteiger partial charge in [-0.15, -0.1) is 0 Å². The molecular formula is C15H12BrN3O2. The predicted octanol–water partition coefficient (Wildman–Crippen LogP) is 3.18. The molecule has 0 spiro atoms. The number of hydrogen-bond acceptors (Lipinski definition) is 4. The van der Waals surface area contributed by atoms with Crippen LogP contribution >= 0.6 is 15.9 Å². The Morgan fingerprint density at radius 2 is 2.14 bits per heavy atom. The molecule has 0 bridgehead atoms. The van der Waals surface area contributed by atoms with Gasteiger partial charge in [0.2, 0.25) is 0 Å². The first-order chi connectivity index (χ1) is 10.1. The lowest BCUT2D eigenvalue weighted by molar-refractivity contribution is 0.0599. The molecule has 3 aromatic rings. The monoisotopic (exact) mass is 345 g/mol. The molecule has 0 N–H and O–H groups in total. The number of fused-ring (bicyclic) bond motifs is 1. The number of methoxy groups -OCH3 is 1. The van der Waals surface area contributed by atoms with Crippen LogP contribution in [0.5, 0.6) is 0 Å². The van der Waals surface area contributed by atoms with Gasteiger partial charge in [-0.3, -0.25) is 0 Å². The van der Waals surface area contributed by atoms with Crippen molar-refractivity contribution < 1.29 is 9.53 Å². The molecule has 0 aliphatic carbocycles. The van der Waals surface area contributed by atoms with Crippen molar-refractivity contribution in [1.82, 2.24) is 14.5 Å².